The molecule has 1 heterocycles. The van der Waals surface area contributed by atoms with E-state index in [1.807, 2.05) is 35.7 Å². The van der Waals surface area contributed by atoms with Crippen molar-refractivity contribution in [3.05, 3.63) is 76.8 Å². The van der Waals surface area contributed by atoms with Crippen molar-refractivity contribution in [1.29, 1.82) is 0 Å². The Labute approximate surface area is 211 Å². The van der Waals surface area contributed by atoms with E-state index in [0.29, 0.717) is 17.2 Å². The standard InChI is InChI=1S/C29H33N3O2S/c1-20-7-9-23(10-8-20)29-14-21-11-22(15-29)13-28(12-21,18-29)19-30-26(33)32-27-31-24(17-35-27)16-34-25-5-3-2-4-6-25/h2-10,17,21-22H,11-16,18-19H2,1H3,(H2,30,31,32,33). The van der Waals surface area contributed by atoms with Gasteiger partial charge in [0.15, 0.2) is 5.13 Å². The minimum absolute atomic E-state index is 0.157. The second-order valence-corrected chi connectivity index (χ2v) is 12.0. The molecule has 35 heavy (non-hydrogen) atoms. The number of carbonyl (C=O) groups is 1. The van der Waals surface area contributed by atoms with Crippen molar-refractivity contribution in [1.82, 2.24) is 10.3 Å². The zero-order chi connectivity index (χ0) is 23.9. The first kappa shape index (κ1) is 22.6. The number of aryl methyl sites for hydroxylation is 1. The van der Waals surface area contributed by atoms with Gasteiger partial charge >= 0.3 is 6.03 Å². The third-order valence-corrected chi connectivity index (χ3v) is 9.18. The Bertz CT molecular complexity index is 1180. The molecule has 7 rings (SSSR count). The van der Waals surface area contributed by atoms with Crippen LogP contribution < -0.4 is 15.4 Å². The number of rotatable bonds is 7. The Morgan fingerprint density at radius 2 is 1.80 bits per heavy atom. The molecule has 4 saturated carbocycles. The highest BCUT2D eigenvalue weighted by Gasteiger charge is 2.58. The lowest BCUT2D eigenvalue weighted by Gasteiger charge is -2.62. The molecule has 0 aliphatic heterocycles. The molecule has 4 aliphatic rings. The molecule has 2 aromatic carbocycles. The molecule has 2 atom stereocenters. The van der Waals surface area contributed by atoms with Crippen LogP contribution >= 0.6 is 11.3 Å². The van der Waals surface area contributed by atoms with Crippen LogP contribution in [0.2, 0.25) is 0 Å². The van der Waals surface area contributed by atoms with Gasteiger partial charge in [-0.1, -0.05) is 48.0 Å². The number of carbonyl (C=O) groups excluding carboxylic acids is 1. The summed E-state index contributed by atoms with van der Waals surface area (Å²) in [6.45, 7) is 3.29. The van der Waals surface area contributed by atoms with Crippen LogP contribution in [0.5, 0.6) is 5.75 Å². The van der Waals surface area contributed by atoms with E-state index in [9.17, 15) is 4.79 Å². The summed E-state index contributed by atoms with van der Waals surface area (Å²) in [4.78, 5) is 17.3. The van der Waals surface area contributed by atoms with Gasteiger partial charge in [0.2, 0.25) is 0 Å². The van der Waals surface area contributed by atoms with Crippen LogP contribution in [0.15, 0.2) is 60.0 Å². The molecule has 1 aromatic heterocycles. The summed E-state index contributed by atoms with van der Waals surface area (Å²) >= 11 is 1.43. The smallest absolute Gasteiger partial charge is 0.321 e. The molecule has 2 unspecified atom stereocenters. The first-order chi connectivity index (χ1) is 17.0. The van der Waals surface area contributed by atoms with Crippen LogP contribution in [0.3, 0.4) is 0 Å². The molecule has 4 fully saturated rings. The molecule has 0 radical (unpaired) electrons. The molecule has 4 aliphatic carbocycles. The summed E-state index contributed by atoms with van der Waals surface area (Å²) in [5.41, 5.74) is 4.15. The summed E-state index contributed by atoms with van der Waals surface area (Å²) in [7, 11) is 0. The third kappa shape index (κ3) is 4.68. The van der Waals surface area contributed by atoms with Gasteiger partial charge in [-0.2, -0.15) is 0 Å². The number of thiazole rings is 1. The fourth-order valence-electron chi connectivity index (χ4n) is 7.42. The van der Waals surface area contributed by atoms with Crippen LogP contribution in [0, 0.1) is 24.2 Å². The molecule has 0 spiro atoms. The highest BCUT2D eigenvalue weighted by molar-refractivity contribution is 7.13. The molecular weight excluding hydrogens is 454 g/mol. The van der Waals surface area contributed by atoms with Crippen molar-refractivity contribution >= 4 is 22.5 Å². The van der Waals surface area contributed by atoms with Gasteiger partial charge in [0.25, 0.3) is 0 Å². The van der Waals surface area contributed by atoms with Gasteiger partial charge in [-0.15, -0.1) is 11.3 Å². The van der Waals surface area contributed by atoms with E-state index < -0.39 is 0 Å². The summed E-state index contributed by atoms with van der Waals surface area (Å²) in [6.07, 6.45) is 7.68. The van der Waals surface area contributed by atoms with E-state index in [1.165, 1.54) is 61.0 Å². The third-order valence-electron chi connectivity index (χ3n) is 8.37. The molecule has 2 N–H and O–H groups in total. The second-order valence-electron chi connectivity index (χ2n) is 11.2. The van der Waals surface area contributed by atoms with E-state index in [0.717, 1.165) is 29.8 Å². The van der Waals surface area contributed by atoms with Gasteiger partial charge < -0.3 is 10.1 Å². The summed E-state index contributed by atoms with van der Waals surface area (Å²) < 4.78 is 5.76. The maximum atomic E-state index is 12.8. The molecule has 6 heteroatoms. The predicted molar refractivity (Wildman–Crippen MR) is 140 cm³/mol. The summed E-state index contributed by atoms with van der Waals surface area (Å²) in [5.74, 6) is 2.38. The average molecular weight is 488 g/mol. The number of nitrogens with one attached hydrogen (secondary N) is 2. The number of ether oxygens (including phenoxy) is 1. The normalized spacial score (nSPS) is 28.6. The first-order valence-corrected chi connectivity index (χ1v) is 13.6. The number of anilines is 1. The van der Waals surface area contributed by atoms with E-state index in [2.05, 4.69) is 46.8 Å². The zero-order valence-corrected chi connectivity index (χ0v) is 21.1. The molecule has 3 aromatic rings. The minimum atomic E-state index is -0.157. The SMILES string of the molecule is Cc1ccc(C23CC4CC(CC(CNC(=O)Nc5nc(COc6ccccc6)cs5)(C4)C2)C3)cc1. The van der Waals surface area contributed by atoms with Crippen LogP contribution in [-0.4, -0.2) is 17.6 Å². The highest BCUT2D eigenvalue weighted by atomic mass is 32.1. The number of benzene rings is 2. The van der Waals surface area contributed by atoms with E-state index >= 15 is 0 Å². The minimum Gasteiger partial charge on any atom is -0.487 e. The number of aromatic nitrogens is 1. The number of hydrogen-bond donors (Lipinski definition) is 2. The van der Waals surface area contributed by atoms with Crippen LogP contribution in [0.4, 0.5) is 9.93 Å². The Morgan fingerprint density at radius 3 is 2.54 bits per heavy atom. The predicted octanol–water partition coefficient (Wildman–Crippen LogP) is 6.69. The van der Waals surface area contributed by atoms with E-state index in [1.54, 1.807) is 0 Å². The van der Waals surface area contributed by atoms with Crippen molar-refractivity contribution < 1.29 is 9.53 Å². The van der Waals surface area contributed by atoms with Crippen molar-refractivity contribution in [2.75, 3.05) is 11.9 Å². The number of para-hydroxylation sites is 1. The second kappa shape index (κ2) is 8.98. The Balaban J connectivity index is 1.07. The Hall–Kier alpha value is -2.86. The maximum absolute atomic E-state index is 12.8. The fraction of sp³-hybridized carbons (Fsp3) is 0.448. The number of hydrogen-bond acceptors (Lipinski definition) is 4. The molecule has 5 nitrogen and oxygen atoms in total. The highest BCUT2D eigenvalue weighted by Crippen LogP contribution is 2.65. The lowest BCUT2D eigenvalue weighted by molar-refractivity contribution is -0.0692. The lowest BCUT2D eigenvalue weighted by atomic mass is 9.43. The number of nitrogens with zero attached hydrogens (tertiary/aromatic N) is 1. The van der Waals surface area contributed by atoms with Crippen molar-refractivity contribution in [3.8, 4) is 5.75 Å². The summed E-state index contributed by atoms with van der Waals surface area (Å²) in [5, 5.41) is 8.70. The van der Waals surface area contributed by atoms with Crippen molar-refractivity contribution in [2.24, 2.45) is 17.3 Å². The molecule has 0 saturated heterocycles. The van der Waals surface area contributed by atoms with Crippen LogP contribution in [0.1, 0.15) is 55.3 Å². The van der Waals surface area contributed by atoms with Gasteiger partial charge in [-0.3, -0.25) is 5.32 Å². The molecule has 2 amide bonds. The molecule has 4 bridgehead atoms. The van der Waals surface area contributed by atoms with Gasteiger partial charge in [0.1, 0.15) is 12.4 Å². The summed E-state index contributed by atoms with van der Waals surface area (Å²) in [6, 6.07) is 18.8. The van der Waals surface area contributed by atoms with Gasteiger partial charge in [-0.25, -0.2) is 9.78 Å². The average Bonchev–Trinajstić information content (AvgIpc) is 3.29. The Kier molecular flexibility index (Phi) is 5.79. The largest absolute Gasteiger partial charge is 0.487 e. The van der Waals surface area contributed by atoms with Crippen LogP contribution in [0.25, 0.3) is 0 Å². The van der Waals surface area contributed by atoms with E-state index in [-0.39, 0.29) is 11.4 Å². The molecular formula is C29H33N3O2S. The first-order valence-electron chi connectivity index (χ1n) is 12.7. The fourth-order valence-corrected chi connectivity index (χ4v) is 8.11. The monoisotopic (exact) mass is 487 g/mol. The topological polar surface area (TPSA) is 63.2 Å². The van der Waals surface area contributed by atoms with Crippen LogP contribution in [-0.2, 0) is 12.0 Å². The van der Waals surface area contributed by atoms with Crippen molar-refractivity contribution in [3.63, 3.8) is 0 Å². The Morgan fingerprint density at radius 1 is 1.06 bits per heavy atom. The molecule has 182 valence electrons. The van der Waals surface area contributed by atoms with Gasteiger partial charge in [0.05, 0.1) is 5.69 Å². The van der Waals surface area contributed by atoms with Gasteiger partial charge in [0, 0.05) is 11.9 Å². The van der Waals surface area contributed by atoms with E-state index in [4.69, 9.17) is 4.74 Å². The lowest BCUT2D eigenvalue weighted by Crippen LogP contribution is -2.57. The maximum Gasteiger partial charge on any atom is 0.321 e. The number of urea groups is 1. The number of amides is 2. The van der Waals surface area contributed by atoms with Crippen molar-refractivity contribution in [2.45, 2.75) is 57.5 Å². The zero-order valence-electron chi connectivity index (χ0n) is 20.3. The quantitative estimate of drug-likeness (QED) is 0.390. The van der Waals surface area contributed by atoms with Gasteiger partial charge in [-0.05, 0) is 85.8 Å².